The maximum Gasteiger partial charge on any atom is 0.234 e. The van der Waals surface area contributed by atoms with Gasteiger partial charge in [-0.2, -0.15) is 5.26 Å². The molecule has 2 aromatic carbocycles. The number of rotatable bonds is 4. The van der Waals surface area contributed by atoms with E-state index < -0.39 is 11.2 Å². The van der Waals surface area contributed by atoms with E-state index in [0.717, 1.165) is 24.8 Å². The average molecular weight is 460 g/mol. The first-order valence-electron chi connectivity index (χ1n) is 10.9. The molecule has 5 nitrogen and oxygen atoms in total. The molecule has 1 aliphatic carbocycles. The number of anilines is 1. The molecule has 0 spiro atoms. The molecule has 33 heavy (non-hydrogen) atoms. The fourth-order valence-electron chi connectivity index (χ4n) is 6.08. The fraction of sp³-hybridized carbons (Fsp3) is 0.269. The third-order valence-electron chi connectivity index (χ3n) is 7.57. The van der Waals surface area contributed by atoms with Gasteiger partial charge in [0.25, 0.3) is 0 Å². The van der Waals surface area contributed by atoms with Crippen molar-refractivity contribution in [3.63, 3.8) is 0 Å². The van der Waals surface area contributed by atoms with E-state index in [1.165, 1.54) is 12.1 Å². The van der Waals surface area contributed by atoms with Crippen molar-refractivity contribution in [3.05, 3.63) is 82.9 Å². The lowest BCUT2D eigenvalue weighted by atomic mass is 9.75. The van der Waals surface area contributed by atoms with E-state index in [-0.39, 0.29) is 34.7 Å². The normalized spacial score (nSPS) is 28.8. The summed E-state index contributed by atoms with van der Waals surface area (Å²) in [5.41, 5.74) is 1.49. The highest BCUT2D eigenvalue weighted by molar-refractivity contribution is 6.30. The Morgan fingerprint density at radius 3 is 2.64 bits per heavy atom. The molecule has 164 valence electrons. The molecular formula is C26H19ClFN3O2. The van der Waals surface area contributed by atoms with Gasteiger partial charge in [-0.3, -0.25) is 9.78 Å². The zero-order chi connectivity index (χ0) is 22.8. The minimum absolute atomic E-state index is 0.0177. The Labute approximate surface area is 195 Å². The summed E-state index contributed by atoms with van der Waals surface area (Å²) in [5.74, 6) is -0.660. The summed E-state index contributed by atoms with van der Waals surface area (Å²) in [5, 5.41) is 12.7. The molecule has 2 saturated heterocycles. The molecule has 1 N–H and O–H groups in total. The van der Waals surface area contributed by atoms with Crippen molar-refractivity contribution in [1.29, 1.82) is 5.26 Å². The Balaban J connectivity index is 1.30. The second kappa shape index (κ2) is 7.11. The van der Waals surface area contributed by atoms with E-state index in [4.69, 9.17) is 16.3 Å². The molecule has 2 bridgehead atoms. The van der Waals surface area contributed by atoms with E-state index >= 15 is 4.39 Å². The summed E-state index contributed by atoms with van der Waals surface area (Å²) in [6.07, 6.45) is 5.90. The highest BCUT2D eigenvalue weighted by Gasteiger charge is 2.85. The van der Waals surface area contributed by atoms with Crippen molar-refractivity contribution >= 4 is 23.2 Å². The average Bonchev–Trinajstić information content (AvgIpc) is 3.23. The number of fused-ring (bicyclic) bond motifs is 5. The molecule has 3 aliphatic rings. The summed E-state index contributed by atoms with van der Waals surface area (Å²) < 4.78 is 21.2. The van der Waals surface area contributed by atoms with Crippen molar-refractivity contribution in [2.45, 2.75) is 36.9 Å². The molecule has 1 saturated carbocycles. The summed E-state index contributed by atoms with van der Waals surface area (Å²) in [6.45, 7) is 0. The molecule has 3 heterocycles. The monoisotopic (exact) mass is 459 g/mol. The van der Waals surface area contributed by atoms with Gasteiger partial charge >= 0.3 is 0 Å². The van der Waals surface area contributed by atoms with Crippen LogP contribution >= 0.6 is 11.6 Å². The number of halogens is 2. The first-order valence-corrected chi connectivity index (χ1v) is 11.2. The standard InChI is InChI=1S/C26H19ClFN3O2/c27-17-1-3-19(15(11-17)13-29)20-4-2-18(12-21(20)28)31-24(32)26-14-25(26,16-7-9-30-10-8-16)22-5-6-23(26)33-22/h1-4,7-12,22-23H,5-6,14H2,(H,31,32)/t22-,23+,25+,26+/m0/s1. The van der Waals surface area contributed by atoms with Gasteiger partial charge in [-0.1, -0.05) is 17.7 Å². The number of carbonyl (C=O) groups excluding carboxylic acids is 1. The number of aromatic nitrogens is 1. The molecule has 1 aromatic heterocycles. The molecule has 1 amide bonds. The number of amides is 1. The van der Waals surface area contributed by atoms with Crippen LogP contribution in [0.5, 0.6) is 0 Å². The quantitative estimate of drug-likeness (QED) is 0.579. The van der Waals surface area contributed by atoms with Crippen LogP contribution in [0.4, 0.5) is 10.1 Å². The third-order valence-corrected chi connectivity index (χ3v) is 7.80. The van der Waals surface area contributed by atoms with Crippen LogP contribution in [0.1, 0.15) is 30.4 Å². The Morgan fingerprint density at radius 1 is 1.12 bits per heavy atom. The second-order valence-corrected chi connectivity index (χ2v) is 9.43. The number of pyridine rings is 1. The van der Waals surface area contributed by atoms with Crippen molar-refractivity contribution in [2.24, 2.45) is 5.41 Å². The van der Waals surface area contributed by atoms with Crippen LogP contribution in [0.3, 0.4) is 0 Å². The van der Waals surface area contributed by atoms with Crippen LogP contribution in [0.25, 0.3) is 11.1 Å². The maximum atomic E-state index is 15.1. The Hall–Kier alpha value is -3.27. The molecule has 3 aromatic rings. The Morgan fingerprint density at radius 2 is 1.88 bits per heavy atom. The highest BCUT2D eigenvalue weighted by atomic mass is 35.5. The van der Waals surface area contributed by atoms with Gasteiger partial charge in [-0.25, -0.2) is 4.39 Å². The number of hydrogen-bond acceptors (Lipinski definition) is 4. The number of nitrogens with zero attached hydrogens (tertiary/aromatic N) is 2. The van der Waals surface area contributed by atoms with Crippen molar-refractivity contribution in [1.82, 2.24) is 4.98 Å². The van der Waals surface area contributed by atoms with E-state index in [1.54, 1.807) is 36.7 Å². The lowest BCUT2D eigenvalue weighted by Crippen LogP contribution is -2.39. The first kappa shape index (κ1) is 20.3. The number of nitrogens with one attached hydrogen (secondary N) is 1. The van der Waals surface area contributed by atoms with Gasteiger partial charge in [-0.05, 0) is 67.3 Å². The van der Waals surface area contributed by atoms with Gasteiger partial charge in [0.2, 0.25) is 5.91 Å². The van der Waals surface area contributed by atoms with Gasteiger partial charge < -0.3 is 10.1 Å². The minimum atomic E-state index is -0.642. The molecule has 7 heteroatoms. The number of carbonyl (C=O) groups is 1. The minimum Gasteiger partial charge on any atom is -0.373 e. The van der Waals surface area contributed by atoms with E-state index in [1.807, 2.05) is 12.1 Å². The summed E-state index contributed by atoms with van der Waals surface area (Å²) >= 11 is 5.96. The zero-order valence-electron chi connectivity index (χ0n) is 17.5. The summed E-state index contributed by atoms with van der Waals surface area (Å²) in [4.78, 5) is 17.7. The van der Waals surface area contributed by atoms with E-state index in [0.29, 0.717) is 16.3 Å². The van der Waals surface area contributed by atoms with Gasteiger partial charge in [0.15, 0.2) is 0 Å². The largest absolute Gasteiger partial charge is 0.373 e. The van der Waals surface area contributed by atoms with Crippen LogP contribution in [-0.4, -0.2) is 23.1 Å². The van der Waals surface area contributed by atoms with Crippen LogP contribution in [-0.2, 0) is 14.9 Å². The van der Waals surface area contributed by atoms with Crippen molar-refractivity contribution in [2.75, 3.05) is 5.32 Å². The van der Waals surface area contributed by atoms with Crippen LogP contribution in [0.15, 0.2) is 60.9 Å². The third kappa shape index (κ3) is 2.73. The smallest absolute Gasteiger partial charge is 0.234 e. The lowest BCUT2D eigenvalue weighted by Gasteiger charge is -2.26. The number of hydrogen-bond donors (Lipinski definition) is 1. The van der Waals surface area contributed by atoms with Crippen LogP contribution in [0.2, 0.25) is 5.02 Å². The van der Waals surface area contributed by atoms with Crippen molar-refractivity contribution < 1.29 is 13.9 Å². The molecule has 0 radical (unpaired) electrons. The predicted octanol–water partition coefficient (Wildman–Crippen LogP) is 5.24. The maximum absolute atomic E-state index is 15.1. The van der Waals surface area contributed by atoms with Gasteiger partial charge in [0, 0.05) is 39.6 Å². The molecule has 3 fully saturated rings. The molecule has 6 rings (SSSR count). The molecule has 0 unspecified atom stereocenters. The zero-order valence-corrected chi connectivity index (χ0v) is 18.3. The van der Waals surface area contributed by atoms with Crippen LogP contribution < -0.4 is 5.32 Å². The molecular weight excluding hydrogens is 441 g/mol. The molecule has 4 atom stereocenters. The topological polar surface area (TPSA) is 75.0 Å². The van der Waals surface area contributed by atoms with Crippen LogP contribution in [0, 0.1) is 22.6 Å². The Bertz CT molecular complexity index is 1340. The SMILES string of the molecule is N#Cc1cc(Cl)ccc1-c1ccc(NC(=O)[C@]23C[C@@]2(c2ccncc2)[C@@H]2CC[C@H]3O2)cc1F. The highest BCUT2D eigenvalue weighted by Crippen LogP contribution is 2.77. The number of nitriles is 1. The summed E-state index contributed by atoms with van der Waals surface area (Å²) in [7, 11) is 0. The van der Waals surface area contributed by atoms with E-state index in [2.05, 4.69) is 16.4 Å². The number of benzene rings is 2. The summed E-state index contributed by atoms with van der Waals surface area (Å²) in [6, 6.07) is 15.3. The Kier molecular flexibility index (Phi) is 4.39. The lowest BCUT2D eigenvalue weighted by molar-refractivity contribution is -0.124. The van der Waals surface area contributed by atoms with Gasteiger partial charge in [0.05, 0.1) is 29.3 Å². The molecule has 2 aliphatic heterocycles. The van der Waals surface area contributed by atoms with Gasteiger partial charge in [0.1, 0.15) is 5.82 Å². The van der Waals surface area contributed by atoms with Crippen molar-refractivity contribution in [3.8, 4) is 17.2 Å². The number of ether oxygens (including phenoxy) is 1. The van der Waals surface area contributed by atoms with Gasteiger partial charge in [-0.15, -0.1) is 0 Å². The van der Waals surface area contributed by atoms with E-state index in [9.17, 15) is 10.1 Å². The second-order valence-electron chi connectivity index (χ2n) is 9.00. The fourth-order valence-corrected chi connectivity index (χ4v) is 6.25. The first-order chi connectivity index (χ1) is 16.0. The predicted molar refractivity (Wildman–Crippen MR) is 121 cm³/mol.